The summed E-state index contributed by atoms with van der Waals surface area (Å²) in [5.41, 5.74) is 0.262. The maximum absolute atomic E-state index is 12.0. The number of aliphatic carboxylic acids is 1. The third-order valence-corrected chi connectivity index (χ3v) is 4.01. The van der Waals surface area contributed by atoms with Gasteiger partial charge in [0.2, 0.25) is 0 Å². The van der Waals surface area contributed by atoms with Crippen LogP contribution < -0.4 is 0 Å². The van der Waals surface area contributed by atoms with E-state index >= 15 is 0 Å². The van der Waals surface area contributed by atoms with Crippen molar-refractivity contribution in [2.75, 3.05) is 39.5 Å². The minimum absolute atomic E-state index is 0.262. The predicted octanol–water partition coefficient (Wildman–Crippen LogP) is 2.48. The zero-order valence-corrected chi connectivity index (χ0v) is 15.0. The largest absolute Gasteiger partial charge is 0.478 e. The molecule has 0 atom stereocenters. The molecule has 0 spiro atoms. The highest BCUT2D eigenvalue weighted by atomic mass is 16.5. The van der Waals surface area contributed by atoms with Crippen molar-refractivity contribution in [3.05, 3.63) is 11.6 Å². The van der Waals surface area contributed by atoms with E-state index in [1.54, 1.807) is 0 Å². The van der Waals surface area contributed by atoms with E-state index in [4.69, 9.17) is 14.6 Å². The molecule has 1 saturated heterocycles. The van der Waals surface area contributed by atoms with Crippen molar-refractivity contribution >= 4 is 11.9 Å². The van der Waals surface area contributed by atoms with E-state index in [0.29, 0.717) is 18.9 Å². The van der Waals surface area contributed by atoms with Crippen molar-refractivity contribution in [2.45, 2.75) is 46.0 Å². The number of nitrogens with zero attached hydrogens (tertiary/aromatic N) is 1. The highest BCUT2D eigenvalue weighted by Crippen LogP contribution is 2.13. The van der Waals surface area contributed by atoms with Gasteiger partial charge in [-0.1, -0.05) is 20.3 Å². The number of carbonyl (C=O) groups excluding carboxylic acids is 1. The van der Waals surface area contributed by atoms with Crippen molar-refractivity contribution in [1.82, 2.24) is 4.90 Å². The normalized spacial score (nSPS) is 16.4. The molecule has 0 bridgehead atoms. The smallest absolute Gasteiger partial charge is 0.334 e. The highest BCUT2D eigenvalue weighted by Gasteiger charge is 2.14. The Morgan fingerprint density at radius 3 is 2.54 bits per heavy atom. The zero-order valence-electron chi connectivity index (χ0n) is 15.0. The fraction of sp³-hybridized carbons (Fsp3) is 0.778. The molecule has 1 fully saturated rings. The van der Waals surface area contributed by atoms with Crippen LogP contribution in [0.4, 0.5) is 0 Å². The Hall–Kier alpha value is -1.40. The van der Waals surface area contributed by atoms with Crippen LogP contribution in [0.5, 0.6) is 0 Å². The average Bonchev–Trinajstić information content (AvgIpc) is 2.53. The van der Waals surface area contributed by atoms with Gasteiger partial charge in [0, 0.05) is 24.7 Å². The molecule has 138 valence electrons. The molecule has 24 heavy (non-hydrogen) atoms. The van der Waals surface area contributed by atoms with Crippen LogP contribution in [0.1, 0.15) is 46.0 Å². The molecule has 0 saturated carbocycles. The predicted molar refractivity (Wildman–Crippen MR) is 91.9 cm³/mol. The van der Waals surface area contributed by atoms with Gasteiger partial charge in [-0.3, -0.25) is 4.90 Å². The van der Waals surface area contributed by atoms with Crippen LogP contribution in [0.15, 0.2) is 11.6 Å². The summed E-state index contributed by atoms with van der Waals surface area (Å²) in [7, 11) is 0. The second-order valence-corrected chi connectivity index (χ2v) is 6.59. The summed E-state index contributed by atoms with van der Waals surface area (Å²) in [6, 6.07) is 0. The second-order valence-electron chi connectivity index (χ2n) is 6.59. The van der Waals surface area contributed by atoms with Crippen LogP contribution in [-0.2, 0) is 19.1 Å². The molecule has 6 heteroatoms. The SMILES string of the molecule is CC(C)CCOC(=O)/C(=C/C(=O)O)CCCCCN1CCOCC1. The molecule has 1 aliphatic heterocycles. The molecule has 0 aromatic rings. The van der Waals surface area contributed by atoms with Gasteiger partial charge in [-0.05, 0) is 38.1 Å². The Balaban J connectivity index is 2.26. The number of hydrogen-bond donors (Lipinski definition) is 1. The second kappa shape index (κ2) is 12.0. The Morgan fingerprint density at radius 1 is 1.21 bits per heavy atom. The van der Waals surface area contributed by atoms with E-state index in [9.17, 15) is 9.59 Å². The number of carboxylic acid groups (broad SMARTS) is 1. The highest BCUT2D eigenvalue weighted by molar-refractivity contribution is 5.95. The summed E-state index contributed by atoms with van der Waals surface area (Å²) in [4.78, 5) is 25.3. The minimum atomic E-state index is -1.10. The van der Waals surface area contributed by atoms with E-state index in [1.807, 2.05) is 0 Å². The Kier molecular flexibility index (Phi) is 10.4. The molecule has 0 aliphatic carbocycles. The molecule has 1 N–H and O–H groups in total. The van der Waals surface area contributed by atoms with Gasteiger partial charge in [0.05, 0.1) is 19.8 Å². The number of ether oxygens (including phenoxy) is 2. The molecule has 1 aliphatic rings. The topological polar surface area (TPSA) is 76.1 Å². The Labute approximate surface area is 144 Å². The lowest BCUT2D eigenvalue weighted by Gasteiger charge is -2.26. The number of rotatable bonds is 11. The summed E-state index contributed by atoms with van der Waals surface area (Å²) in [5, 5.41) is 8.92. The first kappa shape index (κ1) is 20.6. The molecule has 0 aromatic carbocycles. The number of hydrogen-bond acceptors (Lipinski definition) is 5. The lowest BCUT2D eigenvalue weighted by molar-refractivity contribution is -0.140. The fourth-order valence-electron chi connectivity index (χ4n) is 2.51. The summed E-state index contributed by atoms with van der Waals surface area (Å²) >= 11 is 0. The van der Waals surface area contributed by atoms with Crippen molar-refractivity contribution in [3.8, 4) is 0 Å². The van der Waals surface area contributed by atoms with Crippen LogP contribution in [0.25, 0.3) is 0 Å². The summed E-state index contributed by atoms with van der Waals surface area (Å²) in [5.74, 6) is -1.14. The number of esters is 1. The monoisotopic (exact) mass is 341 g/mol. The van der Waals surface area contributed by atoms with Crippen LogP contribution in [0.3, 0.4) is 0 Å². The van der Waals surface area contributed by atoms with Gasteiger partial charge in [0.1, 0.15) is 0 Å². The molecule has 0 aromatic heterocycles. The zero-order chi connectivity index (χ0) is 17.8. The van der Waals surface area contributed by atoms with Gasteiger partial charge in [0.25, 0.3) is 0 Å². The first-order valence-electron chi connectivity index (χ1n) is 8.89. The van der Waals surface area contributed by atoms with Gasteiger partial charge < -0.3 is 14.6 Å². The van der Waals surface area contributed by atoms with E-state index in [1.165, 1.54) is 0 Å². The standard InChI is InChI=1S/C18H31NO5/c1-15(2)7-11-24-18(22)16(14-17(20)21)6-4-3-5-8-19-9-12-23-13-10-19/h14-15H,3-13H2,1-2H3,(H,20,21)/b16-14+. The van der Waals surface area contributed by atoms with Crippen molar-refractivity contribution in [3.63, 3.8) is 0 Å². The maximum Gasteiger partial charge on any atom is 0.334 e. The molecule has 6 nitrogen and oxygen atoms in total. The molecule has 0 unspecified atom stereocenters. The number of unbranched alkanes of at least 4 members (excludes halogenated alkanes) is 2. The van der Waals surface area contributed by atoms with E-state index < -0.39 is 11.9 Å². The third kappa shape index (κ3) is 9.67. The third-order valence-electron chi connectivity index (χ3n) is 4.01. The van der Waals surface area contributed by atoms with Crippen molar-refractivity contribution < 1.29 is 24.2 Å². The average molecular weight is 341 g/mol. The Bertz CT molecular complexity index is 414. The first-order valence-corrected chi connectivity index (χ1v) is 8.89. The molecule has 1 rings (SSSR count). The number of morpholine rings is 1. The fourth-order valence-corrected chi connectivity index (χ4v) is 2.51. The van der Waals surface area contributed by atoms with Crippen LogP contribution in [0.2, 0.25) is 0 Å². The van der Waals surface area contributed by atoms with Gasteiger partial charge in [-0.2, -0.15) is 0 Å². The first-order chi connectivity index (χ1) is 11.5. The quantitative estimate of drug-likeness (QED) is 0.353. The Morgan fingerprint density at radius 2 is 1.92 bits per heavy atom. The maximum atomic E-state index is 12.0. The van der Waals surface area contributed by atoms with Gasteiger partial charge in [-0.25, -0.2) is 9.59 Å². The van der Waals surface area contributed by atoms with Crippen molar-refractivity contribution in [2.24, 2.45) is 5.92 Å². The van der Waals surface area contributed by atoms with Gasteiger partial charge in [0.15, 0.2) is 0 Å². The lowest BCUT2D eigenvalue weighted by Crippen LogP contribution is -2.36. The van der Waals surface area contributed by atoms with E-state index in [2.05, 4.69) is 18.7 Å². The lowest BCUT2D eigenvalue weighted by atomic mass is 10.1. The molecular weight excluding hydrogens is 310 g/mol. The molecule has 0 amide bonds. The van der Waals surface area contributed by atoms with Crippen LogP contribution >= 0.6 is 0 Å². The van der Waals surface area contributed by atoms with Gasteiger partial charge in [-0.15, -0.1) is 0 Å². The van der Waals surface area contributed by atoms with Crippen molar-refractivity contribution in [1.29, 1.82) is 0 Å². The van der Waals surface area contributed by atoms with E-state index in [-0.39, 0.29) is 5.57 Å². The summed E-state index contributed by atoms with van der Waals surface area (Å²) in [6.45, 7) is 9.03. The summed E-state index contributed by atoms with van der Waals surface area (Å²) in [6.07, 6.45) is 5.03. The molecule has 1 heterocycles. The molecule has 0 radical (unpaired) electrons. The number of carbonyl (C=O) groups is 2. The van der Waals surface area contributed by atoms with E-state index in [0.717, 1.165) is 64.6 Å². The number of carboxylic acids is 1. The molecular formula is C18H31NO5. The summed E-state index contributed by atoms with van der Waals surface area (Å²) < 4.78 is 10.5. The van der Waals surface area contributed by atoms with Crippen LogP contribution in [0, 0.1) is 5.92 Å². The van der Waals surface area contributed by atoms with Gasteiger partial charge >= 0.3 is 11.9 Å². The minimum Gasteiger partial charge on any atom is -0.478 e. The van der Waals surface area contributed by atoms with Crippen LogP contribution in [-0.4, -0.2) is 61.4 Å².